The summed E-state index contributed by atoms with van der Waals surface area (Å²) in [4.78, 5) is 16.9. The van der Waals surface area contributed by atoms with Crippen LogP contribution in [-0.4, -0.2) is 35.4 Å². The van der Waals surface area contributed by atoms with Crippen LogP contribution in [0.2, 0.25) is 0 Å². The van der Waals surface area contributed by atoms with Crippen LogP contribution in [-0.2, 0) is 4.79 Å². The van der Waals surface area contributed by atoms with Gasteiger partial charge in [0.2, 0.25) is 11.9 Å². The minimum atomic E-state index is -0.543. The van der Waals surface area contributed by atoms with Crippen molar-refractivity contribution in [2.24, 2.45) is 0 Å². The number of aromatic nitrogens is 1. The SMILES string of the molecule is O=C(CNc1ccnc(F)c1)N1CCCC1. The minimum absolute atomic E-state index is 0.0646. The summed E-state index contributed by atoms with van der Waals surface area (Å²) < 4.78 is 12.7. The average Bonchev–Trinajstić information content (AvgIpc) is 2.79. The van der Waals surface area contributed by atoms with Crippen molar-refractivity contribution in [1.82, 2.24) is 9.88 Å². The monoisotopic (exact) mass is 223 g/mol. The van der Waals surface area contributed by atoms with Crippen LogP contribution in [0, 0.1) is 5.95 Å². The van der Waals surface area contributed by atoms with Crippen LogP contribution in [0.25, 0.3) is 0 Å². The highest BCUT2D eigenvalue weighted by Gasteiger charge is 2.17. The van der Waals surface area contributed by atoms with Crippen molar-refractivity contribution in [3.63, 3.8) is 0 Å². The maximum atomic E-state index is 12.7. The Morgan fingerprint density at radius 3 is 2.94 bits per heavy atom. The predicted octanol–water partition coefficient (Wildman–Crippen LogP) is 1.25. The quantitative estimate of drug-likeness (QED) is 0.784. The molecule has 1 aromatic rings. The highest BCUT2D eigenvalue weighted by Crippen LogP contribution is 2.09. The van der Waals surface area contributed by atoms with E-state index >= 15 is 0 Å². The second-order valence-electron chi connectivity index (χ2n) is 3.81. The Labute approximate surface area is 93.5 Å². The molecule has 5 heteroatoms. The van der Waals surface area contributed by atoms with Crippen LogP contribution in [0.3, 0.4) is 0 Å². The molecule has 1 aliphatic heterocycles. The molecular formula is C11H14FN3O. The highest BCUT2D eigenvalue weighted by molar-refractivity contribution is 5.81. The van der Waals surface area contributed by atoms with E-state index < -0.39 is 5.95 Å². The number of halogens is 1. The Morgan fingerprint density at radius 1 is 1.50 bits per heavy atom. The summed E-state index contributed by atoms with van der Waals surface area (Å²) >= 11 is 0. The first-order valence-electron chi connectivity index (χ1n) is 5.39. The Kier molecular flexibility index (Phi) is 3.34. The van der Waals surface area contributed by atoms with Gasteiger partial charge in [0.15, 0.2) is 0 Å². The molecule has 0 saturated carbocycles. The molecule has 0 bridgehead atoms. The van der Waals surface area contributed by atoms with Gasteiger partial charge >= 0.3 is 0 Å². The molecule has 0 aliphatic carbocycles. The Bertz CT molecular complexity index is 377. The van der Waals surface area contributed by atoms with Crippen LogP contribution in [0.4, 0.5) is 10.1 Å². The second kappa shape index (κ2) is 4.92. The summed E-state index contributed by atoms with van der Waals surface area (Å²) in [7, 11) is 0. The molecule has 0 unspecified atom stereocenters. The number of rotatable bonds is 3. The molecule has 1 amide bonds. The maximum Gasteiger partial charge on any atom is 0.241 e. The molecule has 16 heavy (non-hydrogen) atoms. The summed E-state index contributed by atoms with van der Waals surface area (Å²) in [5.74, 6) is -0.478. The molecule has 1 N–H and O–H groups in total. The van der Waals surface area contributed by atoms with Gasteiger partial charge in [-0.2, -0.15) is 4.39 Å². The van der Waals surface area contributed by atoms with Crippen molar-refractivity contribution >= 4 is 11.6 Å². The lowest BCUT2D eigenvalue weighted by atomic mass is 10.4. The van der Waals surface area contributed by atoms with E-state index in [4.69, 9.17) is 0 Å². The van der Waals surface area contributed by atoms with E-state index in [2.05, 4.69) is 10.3 Å². The van der Waals surface area contributed by atoms with Gasteiger partial charge in [0, 0.05) is 31.0 Å². The van der Waals surface area contributed by atoms with Gasteiger partial charge in [-0.15, -0.1) is 0 Å². The van der Waals surface area contributed by atoms with Crippen molar-refractivity contribution in [2.75, 3.05) is 25.0 Å². The molecule has 4 nitrogen and oxygen atoms in total. The third-order valence-electron chi connectivity index (χ3n) is 2.63. The average molecular weight is 223 g/mol. The molecular weight excluding hydrogens is 209 g/mol. The van der Waals surface area contributed by atoms with Crippen LogP contribution < -0.4 is 5.32 Å². The number of carbonyl (C=O) groups is 1. The smallest absolute Gasteiger partial charge is 0.241 e. The van der Waals surface area contributed by atoms with Crippen LogP contribution in [0.1, 0.15) is 12.8 Å². The zero-order valence-electron chi connectivity index (χ0n) is 8.95. The van der Waals surface area contributed by atoms with E-state index in [9.17, 15) is 9.18 Å². The number of pyridine rings is 1. The molecule has 0 radical (unpaired) electrons. The molecule has 0 aromatic carbocycles. The van der Waals surface area contributed by atoms with Gasteiger partial charge in [-0.05, 0) is 18.9 Å². The van der Waals surface area contributed by atoms with Crippen molar-refractivity contribution < 1.29 is 9.18 Å². The summed E-state index contributed by atoms with van der Waals surface area (Å²) in [5, 5.41) is 2.89. The predicted molar refractivity (Wildman–Crippen MR) is 58.5 cm³/mol. The fourth-order valence-corrected chi connectivity index (χ4v) is 1.77. The first-order valence-corrected chi connectivity index (χ1v) is 5.39. The topological polar surface area (TPSA) is 45.2 Å². The fourth-order valence-electron chi connectivity index (χ4n) is 1.77. The molecule has 1 saturated heterocycles. The normalized spacial score (nSPS) is 15.2. The zero-order valence-corrected chi connectivity index (χ0v) is 8.95. The number of hydrogen-bond donors (Lipinski definition) is 1. The number of amides is 1. The molecule has 0 atom stereocenters. The van der Waals surface area contributed by atoms with Gasteiger partial charge in [0.05, 0.1) is 6.54 Å². The third kappa shape index (κ3) is 2.68. The van der Waals surface area contributed by atoms with Crippen LogP contribution >= 0.6 is 0 Å². The Hall–Kier alpha value is -1.65. The van der Waals surface area contributed by atoms with Crippen molar-refractivity contribution in [3.8, 4) is 0 Å². The summed E-state index contributed by atoms with van der Waals surface area (Å²) in [5.41, 5.74) is 0.583. The zero-order chi connectivity index (χ0) is 11.4. The largest absolute Gasteiger partial charge is 0.376 e. The van der Waals surface area contributed by atoms with E-state index in [-0.39, 0.29) is 12.5 Å². The van der Waals surface area contributed by atoms with Crippen molar-refractivity contribution in [2.45, 2.75) is 12.8 Å². The van der Waals surface area contributed by atoms with E-state index in [1.165, 1.54) is 12.3 Å². The van der Waals surface area contributed by atoms with E-state index in [1.807, 2.05) is 4.90 Å². The molecule has 1 aromatic heterocycles. The van der Waals surface area contributed by atoms with E-state index in [0.29, 0.717) is 5.69 Å². The van der Waals surface area contributed by atoms with E-state index in [0.717, 1.165) is 25.9 Å². The number of carbonyl (C=O) groups excluding carboxylic acids is 1. The standard InChI is InChI=1S/C11H14FN3O/c12-10-7-9(3-4-13-10)14-8-11(16)15-5-1-2-6-15/h3-4,7H,1-2,5-6,8H2,(H,13,14). The van der Waals surface area contributed by atoms with E-state index in [1.54, 1.807) is 6.07 Å². The molecule has 86 valence electrons. The minimum Gasteiger partial charge on any atom is -0.376 e. The maximum absolute atomic E-state index is 12.7. The third-order valence-corrected chi connectivity index (χ3v) is 2.63. The first-order chi connectivity index (χ1) is 7.75. The molecule has 1 fully saturated rings. The second-order valence-corrected chi connectivity index (χ2v) is 3.81. The number of anilines is 1. The number of nitrogens with one attached hydrogen (secondary N) is 1. The number of nitrogens with zero attached hydrogens (tertiary/aromatic N) is 2. The van der Waals surface area contributed by atoms with Crippen molar-refractivity contribution in [3.05, 3.63) is 24.3 Å². The molecule has 2 rings (SSSR count). The number of hydrogen-bond acceptors (Lipinski definition) is 3. The van der Waals surface area contributed by atoms with Gasteiger partial charge in [0.1, 0.15) is 0 Å². The Morgan fingerprint density at radius 2 is 2.25 bits per heavy atom. The Balaban J connectivity index is 1.84. The van der Waals surface area contributed by atoms with Crippen molar-refractivity contribution in [1.29, 1.82) is 0 Å². The van der Waals surface area contributed by atoms with Crippen LogP contribution in [0.15, 0.2) is 18.3 Å². The summed E-state index contributed by atoms with van der Waals surface area (Å²) in [6.07, 6.45) is 3.53. The van der Waals surface area contributed by atoms with Crippen LogP contribution in [0.5, 0.6) is 0 Å². The lowest BCUT2D eigenvalue weighted by Gasteiger charge is -2.15. The molecule has 0 spiro atoms. The van der Waals surface area contributed by atoms with Gasteiger partial charge in [0.25, 0.3) is 0 Å². The number of likely N-dealkylation sites (tertiary alicyclic amines) is 1. The lowest BCUT2D eigenvalue weighted by Crippen LogP contribution is -2.32. The summed E-state index contributed by atoms with van der Waals surface area (Å²) in [6, 6.07) is 2.91. The molecule has 1 aliphatic rings. The van der Waals surface area contributed by atoms with Gasteiger partial charge < -0.3 is 10.2 Å². The molecule has 2 heterocycles. The lowest BCUT2D eigenvalue weighted by molar-refractivity contribution is -0.128. The summed E-state index contributed by atoms with van der Waals surface area (Å²) in [6.45, 7) is 1.89. The first kappa shape index (κ1) is 10.9. The van der Waals surface area contributed by atoms with Gasteiger partial charge in [-0.3, -0.25) is 4.79 Å². The fraction of sp³-hybridized carbons (Fsp3) is 0.455. The van der Waals surface area contributed by atoms with Gasteiger partial charge in [-0.25, -0.2) is 4.98 Å². The highest BCUT2D eigenvalue weighted by atomic mass is 19.1. The van der Waals surface area contributed by atoms with Gasteiger partial charge in [-0.1, -0.05) is 0 Å².